The van der Waals surface area contributed by atoms with Gasteiger partial charge in [-0.25, -0.2) is 0 Å². The van der Waals surface area contributed by atoms with Gasteiger partial charge in [0.2, 0.25) is 5.29 Å². The van der Waals surface area contributed by atoms with E-state index in [4.69, 9.17) is 11.6 Å². The predicted molar refractivity (Wildman–Crippen MR) is 93.7 cm³/mol. The molecule has 5 heteroatoms. The molecule has 0 unspecified atom stereocenters. The maximum atomic E-state index is 6.03. The van der Waals surface area contributed by atoms with E-state index in [1.54, 1.807) is 7.05 Å². The molecule has 22 heavy (non-hydrogen) atoms. The van der Waals surface area contributed by atoms with E-state index in [-0.39, 0.29) is 5.29 Å². The van der Waals surface area contributed by atoms with Gasteiger partial charge < -0.3 is 4.98 Å². The fourth-order valence-corrected chi connectivity index (χ4v) is 2.82. The molecule has 0 radical (unpaired) electrons. The minimum atomic E-state index is 0.188. The molecule has 112 valence electrons. The quantitative estimate of drug-likeness (QED) is 0.405. The first kappa shape index (κ1) is 14.6. The molecule has 4 nitrogen and oxygen atoms in total. The monoisotopic (exact) mass is 312 g/mol. The fraction of sp³-hybridized carbons (Fsp3) is 0.176. The Labute approximate surface area is 132 Å². The van der Waals surface area contributed by atoms with Crippen molar-refractivity contribution in [1.82, 2.24) is 9.38 Å². The van der Waals surface area contributed by atoms with Crippen molar-refractivity contribution in [2.45, 2.75) is 13.3 Å². The zero-order valence-electron chi connectivity index (χ0n) is 12.7. The molecule has 2 heterocycles. The van der Waals surface area contributed by atoms with Crippen molar-refractivity contribution in [3.63, 3.8) is 0 Å². The van der Waals surface area contributed by atoms with Crippen LogP contribution in [0.15, 0.2) is 34.3 Å². The normalized spacial score (nSPS) is 13.4. The Hall–Kier alpha value is -2.33. The number of aromatic nitrogens is 2. The van der Waals surface area contributed by atoms with Gasteiger partial charge in [-0.3, -0.25) is 9.39 Å². The fourth-order valence-electron chi connectivity index (χ4n) is 2.74. The first-order valence-electron chi connectivity index (χ1n) is 7.07. The van der Waals surface area contributed by atoms with E-state index in [1.165, 1.54) is 0 Å². The van der Waals surface area contributed by atoms with Gasteiger partial charge >= 0.3 is 0 Å². The number of rotatable bonds is 1. The molecule has 0 fully saturated rings. The number of pyridine rings is 1. The summed E-state index contributed by atoms with van der Waals surface area (Å²) in [6, 6.07) is 8.06. The molecule has 0 spiro atoms. The highest BCUT2D eigenvalue weighted by molar-refractivity contribution is 6.64. The van der Waals surface area contributed by atoms with Gasteiger partial charge in [0, 0.05) is 17.8 Å². The lowest BCUT2D eigenvalue weighted by molar-refractivity contribution is 1.01. The molecule has 0 bridgehead atoms. The molecule has 0 saturated heterocycles. The second-order valence-electron chi connectivity index (χ2n) is 5.04. The standard InChI is InChI=1S/C17H17ClN4/c1-5-12-10(2)11(3)15(21-17(18)19-4)22-14-9-7-6-8-13(14)20-16(12)22/h6-9,20H,2-3,5H2,1,4H3/b19-17?,21-15+. The topological polar surface area (TPSA) is 44.9 Å². The van der Waals surface area contributed by atoms with E-state index < -0.39 is 0 Å². The Morgan fingerprint density at radius 3 is 2.68 bits per heavy atom. The van der Waals surface area contributed by atoms with E-state index in [1.807, 2.05) is 28.7 Å². The Kier molecular flexibility index (Phi) is 3.62. The van der Waals surface area contributed by atoms with E-state index in [2.05, 4.69) is 35.1 Å². The van der Waals surface area contributed by atoms with Crippen molar-refractivity contribution in [1.29, 1.82) is 0 Å². The SMILES string of the molecule is C=c1c(CC)c2[nH]c3ccccc3n2/c(=N/C(Cl)=NC)c1=C. The summed E-state index contributed by atoms with van der Waals surface area (Å²) in [5.74, 6) is 0. The summed E-state index contributed by atoms with van der Waals surface area (Å²) in [5.41, 5.74) is 4.81. The summed E-state index contributed by atoms with van der Waals surface area (Å²) in [6.45, 7) is 10.4. The van der Waals surface area contributed by atoms with E-state index in [0.717, 1.165) is 39.1 Å². The van der Waals surface area contributed by atoms with Crippen LogP contribution in [-0.2, 0) is 6.42 Å². The number of aryl methyl sites for hydroxylation is 1. The summed E-state index contributed by atoms with van der Waals surface area (Å²) in [7, 11) is 1.61. The van der Waals surface area contributed by atoms with Crippen LogP contribution in [0.1, 0.15) is 12.5 Å². The van der Waals surface area contributed by atoms with Crippen molar-refractivity contribution in [2.75, 3.05) is 7.05 Å². The van der Waals surface area contributed by atoms with Crippen LogP contribution in [-0.4, -0.2) is 21.7 Å². The lowest BCUT2D eigenvalue weighted by atomic mass is 10.1. The van der Waals surface area contributed by atoms with Gasteiger partial charge in [-0.05, 0) is 35.4 Å². The number of hydrogen-bond acceptors (Lipinski definition) is 1. The van der Waals surface area contributed by atoms with E-state index in [9.17, 15) is 0 Å². The number of fused-ring (bicyclic) bond motifs is 3. The van der Waals surface area contributed by atoms with Gasteiger partial charge in [-0.2, -0.15) is 4.99 Å². The van der Waals surface area contributed by atoms with Crippen LogP contribution in [0.5, 0.6) is 0 Å². The zero-order valence-corrected chi connectivity index (χ0v) is 13.4. The van der Waals surface area contributed by atoms with Crippen molar-refractivity contribution in [3.8, 4) is 0 Å². The number of halogens is 1. The zero-order chi connectivity index (χ0) is 15.9. The highest BCUT2D eigenvalue weighted by Gasteiger charge is 2.10. The van der Waals surface area contributed by atoms with Gasteiger partial charge in [0.05, 0.1) is 11.0 Å². The maximum Gasteiger partial charge on any atom is 0.219 e. The van der Waals surface area contributed by atoms with Crippen molar-refractivity contribution >= 4 is 46.7 Å². The molecular weight excluding hydrogens is 296 g/mol. The summed E-state index contributed by atoms with van der Waals surface area (Å²) < 4.78 is 2.04. The number of hydrogen-bond donors (Lipinski definition) is 1. The molecule has 3 rings (SSSR count). The number of nitrogens with zero attached hydrogens (tertiary/aromatic N) is 3. The van der Waals surface area contributed by atoms with Crippen molar-refractivity contribution < 1.29 is 0 Å². The Morgan fingerprint density at radius 1 is 1.27 bits per heavy atom. The van der Waals surface area contributed by atoms with Crippen LogP contribution in [0.25, 0.3) is 29.8 Å². The summed E-state index contributed by atoms with van der Waals surface area (Å²) in [5, 5.41) is 1.84. The van der Waals surface area contributed by atoms with Crippen LogP contribution >= 0.6 is 11.6 Å². The Morgan fingerprint density at radius 2 is 2.00 bits per heavy atom. The third-order valence-corrected chi connectivity index (χ3v) is 4.11. The van der Waals surface area contributed by atoms with E-state index in [0.29, 0.717) is 5.49 Å². The molecule has 1 aromatic carbocycles. The number of H-pyrrole nitrogens is 1. The number of amidine groups is 1. The number of benzene rings is 1. The highest BCUT2D eigenvalue weighted by atomic mass is 35.5. The van der Waals surface area contributed by atoms with Gasteiger partial charge in [-0.15, -0.1) is 0 Å². The maximum absolute atomic E-state index is 6.03. The second-order valence-corrected chi connectivity index (χ2v) is 5.38. The molecule has 1 N–H and O–H groups in total. The number of aliphatic imine (C=N–C) groups is 1. The molecule has 0 saturated carbocycles. The minimum Gasteiger partial charge on any atom is -0.339 e. The van der Waals surface area contributed by atoms with Crippen LogP contribution in [0.2, 0.25) is 0 Å². The third kappa shape index (κ3) is 2.07. The first-order chi connectivity index (χ1) is 10.6. The molecule has 0 aliphatic heterocycles. The smallest absolute Gasteiger partial charge is 0.219 e. The first-order valence-corrected chi connectivity index (χ1v) is 7.45. The number of imidazole rings is 1. The predicted octanol–water partition coefficient (Wildman–Crippen LogP) is 1.93. The largest absolute Gasteiger partial charge is 0.339 e. The number of aromatic amines is 1. The third-order valence-electron chi connectivity index (χ3n) is 3.85. The van der Waals surface area contributed by atoms with Crippen LogP contribution in [0.3, 0.4) is 0 Å². The van der Waals surface area contributed by atoms with Gasteiger partial charge in [0.25, 0.3) is 0 Å². The molecule has 0 amide bonds. The average molecular weight is 313 g/mol. The van der Waals surface area contributed by atoms with Crippen LogP contribution in [0.4, 0.5) is 0 Å². The lowest BCUT2D eigenvalue weighted by Gasteiger charge is -2.05. The molecule has 3 aromatic rings. The van der Waals surface area contributed by atoms with Crippen molar-refractivity contribution in [3.05, 3.63) is 45.8 Å². The average Bonchev–Trinajstić information content (AvgIpc) is 2.91. The molecule has 2 aromatic heterocycles. The highest BCUT2D eigenvalue weighted by Crippen LogP contribution is 2.15. The molecule has 0 aliphatic rings. The van der Waals surface area contributed by atoms with Crippen molar-refractivity contribution in [2.24, 2.45) is 9.98 Å². The molecule has 0 aliphatic carbocycles. The van der Waals surface area contributed by atoms with Gasteiger partial charge in [-0.1, -0.05) is 32.2 Å². The van der Waals surface area contributed by atoms with Crippen LogP contribution < -0.4 is 15.9 Å². The lowest BCUT2D eigenvalue weighted by Crippen LogP contribution is -2.44. The Balaban J connectivity index is 2.71. The Bertz CT molecular complexity index is 1070. The minimum absolute atomic E-state index is 0.188. The number of para-hydroxylation sites is 2. The van der Waals surface area contributed by atoms with Gasteiger partial charge in [0.15, 0.2) is 0 Å². The number of nitrogens with one attached hydrogen (secondary N) is 1. The summed E-state index contributed by atoms with van der Waals surface area (Å²) in [4.78, 5) is 11.8. The van der Waals surface area contributed by atoms with E-state index >= 15 is 0 Å². The molecule has 0 atom stereocenters. The summed E-state index contributed by atoms with van der Waals surface area (Å²) in [6.07, 6.45) is 0.855. The summed E-state index contributed by atoms with van der Waals surface area (Å²) >= 11 is 6.03. The second kappa shape index (κ2) is 5.46. The van der Waals surface area contributed by atoms with Crippen LogP contribution in [0, 0.1) is 0 Å². The molecular formula is C17H17ClN4. The van der Waals surface area contributed by atoms with Gasteiger partial charge in [0.1, 0.15) is 11.1 Å².